The molecule has 1 aromatic heterocycles. The number of benzene rings is 3. The number of carbonyl (C=O) groups excluding carboxylic acids is 2. The fraction of sp³-hybridized carbons (Fsp3) is 0.125. The number of rotatable bonds is 7. The number of fused-ring (bicyclic) bond motifs is 1. The van der Waals surface area contributed by atoms with E-state index >= 15 is 0 Å². The third-order valence-electron chi connectivity index (χ3n) is 5.05. The number of para-hydroxylation sites is 1. The molecule has 3 aromatic carbocycles. The monoisotopic (exact) mass is 430 g/mol. The summed E-state index contributed by atoms with van der Waals surface area (Å²) in [6.45, 7) is 0.411. The van der Waals surface area contributed by atoms with E-state index in [1.165, 1.54) is 14.2 Å². The van der Waals surface area contributed by atoms with Gasteiger partial charge in [0.2, 0.25) is 0 Å². The molecule has 0 aliphatic rings. The molecular formula is C24H22N4O4. The average Bonchev–Trinajstić information content (AvgIpc) is 3.17. The number of aromatic nitrogens is 2. The number of nitrogens with two attached hydrogens (primary N) is 1. The predicted molar refractivity (Wildman–Crippen MR) is 121 cm³/mol. The van der Waals surface area contributed by atoms with Crippen molar-refractivity contribution >= 4 is 28.4 Å². The molecule has 162 valence electrons. The van der Waals surface area contributed by atoms with Crippen molar-refractivity contribution in [3.8, 4) is 11.5 Å². The standard InChI is InChI=1S/C24H22N4O4/c1-31-20-11-10-16(13-21(20)32-2)24(30)26-17-7-5-6-15(12-17)14-28-19-9-4-3-8-18(19)22(27-28)23(25)29/h3-13H,14H2,1-2H3,(H2,25,29)(H,26,30). The van der Waals surface area contributed by atoms with Crippen molar-refractivity contribution in [1.82, 2.24) is 9.78 Å². The Hall–Kier alpha value is -4.33. The number of ether oxygens (including phenoxy) is 2. The maximum atomic E-state index is 12.7. The molecular weight excluding hydrogens is 408 g/mol. The van der Waals surface area contributed by atoms with Crippen molar-refractivity contribution in [3.63, 3.8) is 0 Å². The van der Waals surface area contributed by atoms with Crippen molar-refractivity contribution in [2.45, 2.75) is 6.54 Å². The molecule has 4 rings (SSSR count). The summed E-state index contributed by atoms with van der Waals surface area (Å²) in [7, 11) is 3.06. The second-order valence-corrected chi connectivity index (χ2v) is 7.11. The van der Waals surface area contributed by atoms with Gasteiger partial charge in [0, 0.05) is 16.6 Å². The highest BCUT2D eigenvalue weighted by molar-refractivity contribution is 6.05. The van der Waals surface area contributed by atoms with E-state index in [0.717, 1.165) is 11.1 Å². The Morgan fingerprint density at radius 2 is 1.75 bits per heavy atom. The summed E-state index contributed by atoms with van der Waals surface area (Å²) >= 11 is 0. The Labute approximate surface area is 184 Å². The molecule has 0 radical (unpaired) electrons. The maximum Gasteiger partial charge on any atom is 0.269 e. The van der Waals surface area contributed by atoms with Crippen LogP contribution in [-0.4, -0.2) is 35.8 Å². The Balaban J connectivity index is 1.57. The van der Waals surface area contributed by atoms with Crippen molar-refractivity contribution in [2.75, 3.05) is 19.5 Å². The van der Waals surface area contributed by atoms with Crippen molar-refractivity contribution in [2.24, 2.45) is 5.73 Å². The maximum absolute atomic E-state index is 12.7. The minimum absolute atomic E-state index is 0.235. The molecule has 8 nitrogen and oxygen atoms in total. The van der Waals surface area contributed by atoms with E-state index in [1.54, 1.807) is 28.9 Å². The van der Waals surface area contributed by atoms with E-state index in [0.29, 0.717) is 34.7 Å². The number of anilines is 1. The van der Waals surface area contributed by atoms with Gasteiger partial charge in [-0.2, -0.15) is 5.10 Å². The van der Waals surface area contributed by atoms with Gasteiger partial charge in [0.05, 0.1) is 26.3 Å². The molecule has 2 amide bonds. The first kappa shape index (κ1) is 20.9. The van der Waals surface area contributed by atoms with Crippen LogP contribution in [0, 0.1) is 0 Å². The number of amides is 2. The van der Waals surface area contributed by atoms with E-state index < -0.39 is 5.91 Å². The zero-order valence-corrected chi connectivity index (χ0v) is 17.7. The molecule has 0 fully saturated rings. The molecule has 1 heterocycles. The number of hydrogen-bond donors (Lipinski definition) is 2. The highest BCUT2D eigenvalue weighted by Gasteiger charge is 2.15. The lowest BCUT2D eigenvalue weighted by Crippen LogP contribution is -2.13. The molecule has 0 unspecified atom stereocenters. The SMILES string of the molecule is COc1ccc(C(=O)Nc2cccc(Cn3nc(C(N)=O)c4ccccc43)c2)cc1OC. The van der Waals surface area contributed by atoms with Gasteiger partial charge in [-0.1, -0.05) is 30.3 Å². The Morgan fingerprint density at radius 1 is 0.969 bits per heavy atom. The van der Waals surface area contributed by atoms with E-state index in [9.17, 15) is 9.59 Å². The highest BCUT2D eigenvalue weighted by Crippen LogP contribution is 2.28. The highest BCUT2D eigenvalue weighted by atomic mass is 16.5. The lowest BCUT2D eigenvalue weighted by atomic mass is 10.1. The van der Waals surface area contributed by atoms with Crippen LogP contribution in [0.1, 0.15) is 26.4 Å². The molecule has 0 aliphatic heterocycles. The zero-order valence-electron chi connectivity index (χ0n) is 17.7. The Morgan fingerprint density at radius 3 is 2.50 bits per heavy atom. The first-order valence-electron chi connectivity index (χ1n) is 9.88. The van der Waals surface area contributed by atoms with Gasteiger partial charge >= 0.3 is 0 Å². The minimum Gasteiger partial charge on any atom is -0.493 e. The molecule has 0 atom stereocenters. The fourth-order valence-electron chi connectivity index (χ4n) is 3.53. The summed E-state index contributed by atoms with van der Waals surface area (Å²) in [6.07, 6.45) is 0. The van der Waals surface area contributed by atoms with Crippen LogP contribution in [-0.2, 0) is 6.54 Å². The molecule has 4 aromatic rings. The van der Waals surface area contributed by atoms with Gasteiger partial charge in [0.15, 0.2) is 17.2 Å². The van der Waals surface area contributed by atoms with Crippen LogP contribution >= 0.6 is 0 Å². The van der Waals surface area contributed by atoms with E-state index in [-0.39, 0.29) is 11.6 Å². The normalized spacial score (nSPS) is 10.7. The second-order valence-electron chi connectivity index (χ2n) is 7.11. The topological polar surface area (TPSA) is 108 Å². The van der Waals surface area contributed by atoms with Crippen LogP contribution in [0.25, 0.3) is 10.9 Å². The number of hydrogen-bond acceptors (Lipinski definition) is 5. The Kier molecular flexibility index (Phi) is 5.76. The first-order valence-corrected chi connectivity index (χ1v) is 9.88. The molecule has 0 bridgehead atoms. The van der Waals surface area contributed by atoms with Crippen LogP contribution < -0.4 is 20.5 Å². The predicted octanol–water partition coefficient (Wildman–Crippen LogP) is 3.45. The van der Waals surface area contributed by atoms with E-state index in [1.807, 2.05) is 42.5 Å². The minimum atomic E-state index is -0.573. The van der Waals surface area contributed by atoms with Gasteiger partial charge in [0.1, 0.15) is 0 Å². The van der Waals surface area contributed by atoms with Crippen molar-refractivity contribution in [3.05, 3.63) is 83.6 Å². The van der Waals surface area contributed by atoms with E-state index in [2.05, 4.69) is 10.4 Å². The number of methoxy groups -OCH3 is 2. The summed E-state index contributed by atoms with van der Waals surface area (Å²) in [5.41, 5.74) is 8.50. The molecule has 0 spiro atoms. The first-order chi connectivity index (χ1) is 15.5. The Bertz CT molecular complexity index is 1310. The summed E-state index contributed by atoms with van der Waals surface area (Å²) in [5, 5.41) is 7.99. The quantitative estimate of drug-likeness (QED) is 0.467. The van der Waals surface area contributed by atoms with Crippen molar-refractivity contribution < 1.29 is 19.1 Å². The molecule has 8 heteroatoms. The van der Waals surface area contributed by atoms with Crippen LogP contribution in [0.4, 0.5) is 5.69 Å². The third kappa shape index (κ3) is 4.11. The average molecular weight is 430 g/mol. The summed E-state index contributed by atoms with van der Waals surface area (Å²) in [6, 6.07) is 19.8. The van der Waals surface area contributed by atoms with Crippen LogP contribution in [0.5, 0.6) is 11.5 Å². The van der Waals surface area contributed by atoms with E-state index in [4.69, 9.17) is 15.2 Å². The number of nitrogens with one attached hydrogen (secondary N) is 1. The molecule has 32 heavy (non-hydrogen) atoms. The van der Waals surface area contributed by atoms with Crippen LogP contribution in [0.2, 0.25) is 0 Å². The van der Waals surface area contributed by atoms with Crippen LogP contribution in [0.3, 0.4) is 0 Å². The number of nitrogens with zero attached hydrogens (tertiary/aromatic N) is 2. The largest absolute Gasteiger partial charge is 0.493 e. The second kappa shape index (κ2) is 8.81. The lowest BCUT2D eigenvalue weighted by molar-refractivity contribution is 0.0994. The van der Waals surface area contributed by atoms with Gasteiger partial charge in [-0.25, -0.2) is 0 Å². The zero-order chi connectivity index (χ0) is 22.7. The number of carbonyl (C=O) groups is 2. The van der Waals surface area contributed by atoms with Gasteiger partial charge in [-0.15, -0.1) is 0 Å². The van der Waals surface area contributed by atoms with Crippen LogP contribution in [0.15, 0.2) is 66.7 Å². The molecule has 0 saturated carbocycles. The summed E-state index contributed by atoms with van der Waals surface area (Å²) < 4.78 is 12.2. The molecule has 3 N–H and O–H groups in total. The van der Waals surface area contributed by atoms with Gasteiger partial charge in [-0.3, -0.25) is 14.3 Å². The smallest absolute Gasteiger partial charge is 0.269 e. The summed E-state index contributed by atoms with van der Waals surface area (Å²) in [4.78, 5) is 24.5. The molecule has 0 saturated heterocycles. The summed E-state index contributed by atoms with van der Waals surface area (Å²) in [5.74, 6) is 0.178. The number of primary amides is 1. The van der Waals surface area contributed by atoms with Crippen molar-refractivity contribution in [1.29, 1.82) is 0 Å². The lowest BCUT2D eigenvalue weighted by Gasteiger charge is -2.11. The molecule has 0 aliphatic carbocycles. The third-order valence-corrected chi connectivity index (χ3v) is 5.05. The van der Waals surface area contributed by atoms with Gasteiger partial charge in [-0.05, 0) is 42.0 Å². The van der Waals surface area contributed by atoms with Gasteiger partial charge in [0.25, 0.3) is 11.8 Å². The fourth-order valence-corrected chi connectivity index (χ4v) is 3.53. The van der Waals surface area contributed by atoms with Gasteiger partial charge < -0.3 is 20.5 Å².